The third-order valence-corrected chi connectivity index (χ3v) is 7.65. The highest BCUT2D eigenvalue weighted by molar-refractivity contribution is 6.40. The zero-order chi connectivity index (χ0) is 25.0. The summed E-state index contributed by atoms with van der Waals surface area (Å²) in [7, 11) is 1.84. The number of halogens is 2. The lowest BCUT2D eigenvalue weighted by Crippen LogP contribution is -2.46. The van der Waals surface area contributed by atoms with E-state index in [0.717, 1.165) is 36.4 Å². The zero-order valence-corrected chi connectivity index (χ0v) is 21.1. The molecule has 9 nitrogen and oxygen atoms in total. The fraction of sp³-hybridized carbons (Fsp3) is 0.320. The predicted molar refractivity (Wildman–Crippen MR) is 142 cm³/mol. The van der Waals surface area contributed by atoms with Gasteiger partial charge in [0.25, 0.3) is 5.91 Å². The van der Waals surface area contributed by atoms with E-state index in [1.54, 1.807) is 18.2 Å². The first-order valence-corrected chi connectivity index (χ1v) is 12.5. The lowest BCUT2D eigenvalue weighted by atomic mass is 10.1. The van der Waals surface area contributed by atoms with E-state index in [-0.39, 0.29) is 19.2 Å². The fourth-order valence-electron chi connectivity index (χ4n) is 5.34. The molecular weight excluding hydrogens is 501 g/mol. The van der Waals surface area contributed by atoms with E-state index in [0.29, 0.717) is 45.1 Å². The molecule has 186 valence electrons. The molecule has 0 saturated carbocycles. The molecule has 4 heterocycles. The Balaban J connectivity index is 1.25. The first kappa shape index (κ1) is 23.3. The molecule has 0 unspecified atom stereocenters. The van der Waals surface area contributed by atoms with Crippen LogP contribution in [0.15, 0.2) is 42.6 Å². The Morgan fingerprint density at radius 2 is 2.03 bits per heavy atom. The number of nitrogens with one attached hydrogen (secondary N) is 2. The summed E-state index contributed by atoms with van der Waals surface area (Å²) in [5, 5.41) is 17.6. The Labute approximate surface area is 218 Å². The number of hydrogen-bond donors (Lipinski definition) is 3. The number of amides is 1. The lowest BCUT2D eigenvalue weighted by molar-refractivity contribution is 0.0982. The summed E-state index contributed by atoms with van der Waals surface area (Å²) < 4.78 is 0. The van der Waals surface area contributed by atoms with Gasteiger partial charge in [0.05, 0.1) is 29.0 Å². The van der Waals surface area contributed by atoms with Gasteiger partial charge in [-0.25, -0.2) is 4.98 Å². The van der Waals surface area contributed by atoms with Gasteiger partial charge in [-0.05, 0) is 36.8 Å². The summed E-state index contributed by atoms with van der Waals surface area (Å²) in [4.78, 5) is 28.0. The summed E-state index contributed by atoms with van der Waals surface area (Å²) in [5.74, 6) is 0.598. The maximum atomic E-state index is 13.3. The minimum absolute atomic E-state index is 0.0606. The van der Waals surface area contributed by atoms with Crippen LogP contribution in [0.3, 0.4) is 0 Å². The van der Waals surface area contributed by atoms with E-state index >= 15 is 0 Å². The van der Waals surface area contributed by atoms with Gasteiger partial charge in [0.1, 0.15) is 11.4 Å². The van der Waals surface area contributed by atoms with E-state index < -0.39 is 0 Å². The highest BCUT2D eigenvalue weighted by atomic mass is 35.5. The van der Waals surface area contributed by atoms with Crippen molar-refractivity contribution < 1.29 is 9.90 Å². The van der Waals surface area contributed by atoms with Gasteiger partial charge in [-0.2, -0.15) is 4.98 Å². The molecule has 2 aromatic carbocycles. The van der Waals surface area contributed by atoms with Crippen molar-refractivity contribution in [2.75, 3.05) is 46.8 Å². The van der Waals surface area contributed by atoms with Crippen molar-refractivity contribution in [2.24, 2.45) is 0 Å². The first-order chi connectivity index (χ1) is 17.4. The normalized spacial score (nSPS) is 20.8. The van der Waals surface area contributed by atoms with Gasteiger partial charge in [0.15, 0.2) is 0 Å². The Hall–Kier alpha value is -3.11. The van der Waals surface area contributed by atoms with E-state index in [2.05, 4.69) is 25.5 Å². The van der Waals surface area contributed by atoms with Crippen LogP contribution < -0.4 is 25.3 Å². The number of para-hydroxylation sites is 1. The quantitative estimate of drug-likeness (QED) is 0.464. The Bertz CT molecular complexity index is 1330. The molecule has 0 aliphatic carbocycles. The van der Waals surface area contributed by atoms with Crippen molar-refractivity contribution in [2.45, 2.75) is 25.1 Å². The van der Waals surface area contributed by atoms with Gasteiger partial charge in [-0.15, -0.1) is 0 Å². The van der Waals surface area contributed by atoms with E-state index in [4.69, 9.17) is 23.2 Å². The molecule has 2 saturated heterocycles. The number of carbonyl (C=O) groups is 1. The minimum atomic E-state index is -0.272. The highest BCUT2D eigenvalue weighted by Gasteiger charge is 2.38. The average Bonchev–Trinajstić information content (AvgIpc) is 3.51. The number of aromatic nitrogens is 2. The molecule has 1 amide bonds. The fourth-order valence-corrected chi connectivity index (χ4v) is 5.94. The topological polar surface area (TPSA) is 96.9 Å². The van der Waals surface area contributed by atoms with Crippen LogP contribution in [0.2, 0.25) is 10.0 Å². The van der Waals surface area contributed by atoms with Crippen LogP contribution in [0.4, 0.5) is 28.8 Å². The molecule has 2 bridgehead atoms. The summed E-state index contributed by atoms with van der Waals surface area (Å²) >= 11 is 12.7. The number of nitrogens with zero attached hydrogens (tertiary/aromatic N) is 5. The monoisotopic (exact) mass is 525 g/mol. The Morgan fingerprint density at radius 3 is 2.72 bits per heavy atom. The van der Waals surface area contributed by atoms with Crippen molar-refractivity contribution >= 4 is 57.9 Å². The minimum Gasteiger partial charge on any atom is -0.392 e. The number of piperazine rings is 1. The molecule has 0 radical (unpaired) electrons. The SMILES string of the molecule is CN1CN(c2c(Cl)cccc2Cl)C(=O)c2cnc(Nc3ccc(N4C[C@@H]5C[C@H]4CN5)c(CO)c3)nc21. The predicted octanol–water partition coefficient (Wildman–Crippen LogP) is 3.62. The van der Waals surface area contributed by atoms with Crippen molar-refractivity contribution in [3.63, 3.8) is 0 Å². The summed E-state index contributed by atoms with van der Waals surface area (Å²) in [6.07, 6.45) is 2.65. The maximum absolute atomic E-state index is 13.3. The van der Waals surface area contributed by atoms with Gasteiger partial charge in [-0.3, -0.25) is 9.69 Å². The molecule has 3 aliphatic rings. The number of hydrogen-bond acceptors (Lipinski definition) is 8. The molecule has 0 spiro atoms. The maximum Gasteiger partial charge on any atom is 0.265 e. The highest BCUT2D eigenvalue weighted by Crippen LogP contribution is 2.38. The lowest BCUT2D eigenvalue weighted by Gasteiger charge is -2.35. The molecule has 2 fully saturated rings. The number of carbonyl (C=O) groups excluding carboxylic acids is 1. The molecule has 2 atom stereocenters. The van der Waals surface area contributed by atoms with Crippen LogP contribution in [0, 0.1) is 0 Å². The van der Waals surface area contributed by atoms with E-state index in [1.807, 2.05) is 30.1 Å². The van der Waals surface area contributed by atoms with Gasteiger partial charge < -0.3 is 25.5 Å². The molecule has 3 N–H and O–H groups in total. The molecule has 36 heavy (non-hydrogen) atoms. The third-order valence-electron chi connectivity index (χ3n) is 7.04. The van der Waals surface area contributed by atoms with Gasteiger partial charge in [0.2, 0.25) is 5.95 Å². The van der Waals surface area contributed by atoms with E-state index in [9.17, 15) is 9.90 Å². The van der Waals surface area contributed by atoms with Crippen LogP contribution >= 0.6 is 23.2 Å². The number of rotatable bonds is 5. The smallest absolute Gasteiger partial charge is 0.265 e. The largest absolute Gasteiger partial charge is 0.392 e. The average molecular weight is 526 g/mol. The summed E-state index contributed by atoms with van der Waals surface area (Å²) in [6, 6.07) is 12.1. The Morgan fingerprint density at radius 1 is 1.22 bits per heavy atom. The summed E-state index contributed by atoms with van der Waals surface area (Å²) in [6.45, 7) is 2.11. The van der Waals surface area contributed by atoms with Gasteiger partial charge in [-0.1, -0.05) is 29.3 Å². The number of anilines is 5. The first-order valence-electron chi connectivity index (χ1n) is 11.8. The van der Waals surface area contributed by atoms with Gasteiger partial charge in [0, 0.05) is 55.4 Å². The molecule has 1 aromatic heterocycles. The second-order valence-corrected chi connectivity index (χ2v) is 10.2. The van der Waals surface area contributed by atoms with Crippen LogP contribution in [0.25, 0.3) is 0 Å². The Kier molecular flexibility index (Phi) is 5.88. The number of fused-ring (bicyclic) bond motifs is 3. The summed E-state index contributed by atoms with van der Waals surface area (Å²) in [5.41, 5.74) is 3.50. The van der Waals surface area contributed by atoms with Crippen LogP contribution in [0.5, 0.6) is 0 Å². The zero-order valence-electron chi connectivity index (χ0n) is 19.6. The second kappa shape index (κ2) is 9.08. The molecular formula is C25H25Cl2N7O2. The van der Waals surface area contributed by atoms with Crippen LogP contribution in [-0.4, -0.2) is 59.9 Å². The van der Waals surface area contributed by atoms with E-state index in [1.165, 1.54) is 11.1 Å². The molecule has 3 aromatic rings. The number of benzene rings is 2. The number of aliphatic hydroxyl groups is 1. The van der Waals surface area contributed by atoms with Gasteiger partial charge >= 0.3 is 0 Å². The van der Waals surface area contributed by atoms with Crippen molar-refractivity contribution in [3.8, 4) is 0 Å². The van der Waals surface area contributed by atoms with Crippen molar-refractivity contribution in [3.05, 3.63) is 63.8 Å². The van der Waals surface area contributed by atoms with Crippen molar-refractivity contribution in [1.82, 2.24) is 15.3 Å². The second-order valence-electron chi connectivity index (χ2n) is 9.35. The standard InChI is InChI=1S/C25H25Cl2N7O2/c1-32-13-34(22-19(26)3-2-4-20(22)27)24(36)18-10-29-25(31-23(18)32)30-15-5-6-21(14(7-15)12-35)33-11-16-8-17(33)9-28-16/h2-7,10,16-17,28,35H,8-9,11-13H2,1H3,(H,29,30,31)/t16-,17-/m0/s1. The van der Waals surface area contributed by atoms with Crippen molar-refractivity contribution in [1.29, 1.82) is 0 Å². The van der Waals surface area contributed by atoms with Crippen LogP contribution in [-0.2, 0) is 6.61 Å². The third kappa shape index (κ3) is 3.92. The van der Waals surface area contributed by atoms with Crippen LogP contribution in [0.1, 0.15) is 22.3 Å². The molecule has 3 aliphatic heterocycles. The number of aliphatic hydroxyl groups excluding tert-OH is 1. The molecule has 6 rings (SSSR count). The molecule has 11 heteroatoms.